The van der Waals surface area contributed by atoms with Gasteiger partial charge in [-0.2, -0.15) is 0 Å². The molecule has 2 N–H and O–H groups in total. The first kappa shape index (κ1) is 22.8. The lowest BCUT2D eigenvalue weighted by atomic mass is 10.1. The number of carbonyl (C=O) groups excluding carboxylic acids is 4. The molecule has 7 nitrogen and oxygen atoms in total. The number of amides is 2. The van der Waals surface area contributed by atoms with Gasteiger partial charge in [0.05, 0.1) is 0 Å². The fraction of sp³-hybridized carbons (Fsp3) is 0.304. The van der Waals surface area contributed by atoms with E-state index in [1.165, 1.54) is 6.92 Å². The van der Waals surface area contributed by atoms with E-state index in [1.807, 2.05) is 19.1 Å². The highest BCUT2D eigenvalue weighted by Gasteiger charge is 2.10. The summed E-state index contributed by atoms with van der Waals surface area (Å²) in [6, 6.07) is 14.0. The smallest absolute Gasteiger partial charge is 0.306 e. The Morgan fingerprint density at radius 3 is 1.93 bits per heavy atom. The molecule has 0 heterocycles. The molecular weight excluding hydrogens is 384 g/mol. The topological polar surface area (TPSA) is 102 Å². The van der Waals surface area contributed by atoms with E-state index in [4.69, 9.17) is 4.74 Å². The Morgan fingerprint density at radius 2 is 1.37 bits per heavy atom. The number of Topliss-reactive ketones (excluding diaryl/α,β-unsaturated/α-hetero) is 1. The average molecular weight is 410 g/mol. The van der Waals surface area contributed by atoms with Crippen LogP contribution < -0.4 is 10.6 Å². The second-order valence-electron chi connectivity index (χ2n) is 6.79. The molecule has 0 unspecified atom stereocenters. The number of hydrogen-bond acceptors (Lipinski definition) is 5. The monoisotopic (exact) mass is 410 g/mol. The summed E-state index contributed by atoms with van der Waals surface area (Å²) >= 11 is 0. The highest BCUT2D eigenvalue weighted by molar-refractivity contribution is 5.96. The first-order chi connectivity index (χ1) is 14.4. The maximum atomic E-state index is 11.9. The van der Waals surface area contributed by atoms with Crippen molar-refractivity contribution in [3.05, 3.63) is 59.7 Å². The Labute approximate surface area is 175 Å². The van der Waals surface area contributed by atoms with Crippen molar-refractivity contribution in [3.63, 3.8) is 0 Å². The van der Waals surface area contributed by atoms with Crippen LogP contribution in [-0.4, -0.2) is 30.2 Å². The Balaban J connectivity index is 1.63. The van der Waals surface area contributed by atoms with E-state index in [1.54, 1.807) is 36.4 Å². The van der Waals surface area contributed by atoms with Gasteiger partial charge in [0, 0.05) is 29.8 Å². The number of nitrogens with one attached hydrogen (secondary N) is 2. The van der Waals surface area contributed by atoms with Crippen molar-refractivity contribution in [2.24, 2.45) is 0 Å². The van der Waals surface area contributed by atoms with Crippen LogP contribution in [0.3, 0.4) is 0 Å². The van der Waals surface area contributed by atoms with E-state index < -0.39 is 11.9 Å². The summed E-state index contributed by atoms with van der Waals surface area (Å²) < 4.78 is 4.94. The second-order valence-corrected chi connectivity index (χ2v) is 6.79. The average Bonchev–Trinajstić information content (AvgIpc) is 2.73. The fourth-order valence-corrected chi connectivity index (χ4v) is 2.64. The largest absolute Gasteiger partial charge is 0.456 e. The van der Waals surface area contributed by atoms with Gasteiger partial charge in [-0.1, -0.05) is 19.1 Å². The van der Waals surface area contributed by atoms with Gasteiger partial charge in [-0.15, -0.1) is 0 Å². The lowest BCUT2D eigenvalue weighted by Gasteiger charge is -2.08. The lowest BCUT2D eigenvalue weighted by molar-refractivity contribution is -0.147. The fourth-order valence-electron chi connectivity index (χ4n) is 2.64. The highest BCUT2D eigenvalue weighted by atomic mass is 16.5. The number of ketones is 1. The Bertz CT molecular complexity index is 889. The summed E-state index contributed by atoms with van der Waals surface area (Å²) in [6.45, 7) is 3.15. The van der Waals surface area contributed by atoms with Crippen molar-refractivity contribution < 1.29 is 23.9 Å². The van der Waals surface area contributed by atoms with E-state index in [-0.39, 0.29) is 31.1 Å². The van der Waals surface area contributed by atoms with Crippen molar-refractivity contribution in [3.8, 4) is 0 Å². The summed E-state index contributed by atoms with van der Waals surface area (Å²) in [5.74, 6) is -1.24. The molecule has 0 saturated heterocycles. The number of carbonyl (C=O) groups is 4. The van der Waals surface area contributed by atoms with Gasteiger partial charge >= 0.3 is 5.97 Å². The maximum Gasteiger partial charge on any atom is 0.306 e. The van der Waals surface area contributed by atoms with Crippen LogP contribution in [0.4, 0.5) is 11.4 Å². The number of esters is 1. The normalized spacial score (nSPS) is 10.2. The predicted octanol–water partition coefficient (Wildman–Crippen LogP) is 3.74. The van der Waals surface area contributed by atoms with E-state index >= 15 is 0 Å². The molecule has 0 aliphatic rings. The van der Waals surface area contributed by atoms with Gasteiger partial charge in [0.2, 0.25) is 5.91 Å². The minimum Gasteiger partial charge on any atom is -0.456 e. The zero-order chi connectivity index (χ0) is 21.9. The number of anilines is 2. The molecule has 0 aliphatic carbocycles. The molecule has 2 aromatic carbocycles. The third kappa shape index (κ3) is 7.87. The first-order valence-corrected chi connectivity index (χ1v) is 9.82. The van der Waals surface area contributed by atoms with Gasteiger partial charge in [-0.05, 0) is 61.7 Å². The van der Waals surface area contributed by atoms with E-state index in [0.717, 1.165) is 12.0 Å². The van der Waals surface area contributed by atoms with Gasteiger partial charge in [-0.25, -0.2) is 0 Å². The van der Waals surface area contributed by atoms with Crippen molar-refractivity contribution in [1.82, 2.24) is 0 Å². The van der Waals surface area contributed by atoms with E-state index in [0.29, 0.717) is 23.4 Å². The molecule has 30 heavy (non-hydrogen) atoms. The Morgan fingerprint density at radius 1 is 0.800 bits per heavy atom. The molecule has 0 aliphatic heterocycles. The maximum absolute atomic E-state index is 11.9. The molecule has 0 radical (unpaired) electrons. The lowest BCUT2D eigenvalue weighted by Crippen LogP contribution is -2.21. The molecule has 0 bridgehead atoms. The number of hydrogen-bond donors (Lipinski definition) is 2. The number of benzene rings is 2. The predicted molar refractivity (Wildman–Crippen MR) is 114 cm³/mol. The van der Waals surface area contributed by atoms with Crippen molar-refractivity contribution in [2.75, 3.05) is 17.2 Å². The summed E-state index contributed by atoms with van der Waals surface area (Å²) in [6.07, 6.45) is 1.39. The minimum atomic E-state index is -0.537. The summed E-state index contributed by atoms with van der Waals surface area (Å²) in [5, 5.41) is 5.36. The molecule has 0 atom stereocenters. The van der Waals surface area contributed by atoms with Gasteiger partial charge in [0.15, 0.2) is 12.4 Å². The van der Waals surface area contributed by atoms with Gasteiger partial charge in [0.1, 0.15) is 0 Å². The minimum absolute atomic E-state index is 0.0369. The van der Waals surface area contributed by atoms with Crippen molar-refractivity contribution in [1.29, 1.82) is 0 Å². The van der Waals surface area contributed by atoms with Crippen LogP contribution in [-0.2, 0) is 25.5 Å². The SMILES string of the molecule is CCc1ccc(NC(=O)COC(=O)CCCC(=O)Nc2ccc(C(C)=O)cc2)cc1. The Hall–Kier alpha value is -3.48. The van der Waals surface area contributed by atoms with Crippen LogP contribution >= 0.6 is 0 Å². The molecule has 0 aromatic heterocycles. The number of rotatable bonds is 10. The van der Waals surface area contributed by atoms with Crippen LogP contribution in [0.2, 0.25) is 0 Å². The van der Waals surface area contributed by atoms with E-state index in [9.17, 15) is 19.2 Å². The zero-order valence-corrected chi connectivity index (χ0v) is 17.2. The molecule has 2 amide bonds. The van der Waals surface area contributed by atoms with Gasteiger partial charge in [0.25, 0.3) is 5.91 Å². The van der Waals surface area contributed by atoms with Gasteiger partial charge < -0.3 is 15.4 Å². The molecule has 0 fully saturated rings. The van der Waals surface area contributed by atoms with E-state index in [2.05, 4.69) is 10.6 Å². The number of aryl methyl sites for hydroxylation is 1. The molecule has 0 spiro atoms. The highest BCUT2D eigenvalue weighted by Crippen LogP contribution is 2.12. The second kappa shape index (κ2) is 11.5. The molecular formula is C23H26N2O5. The third-order valence-corrected chi connectivity index (χ3v) is 4.37. The third-order valence-electron chi connectivity index (χ3n) is 4.37. The van der Waals surface area contributed by atoms with Crippen LogP contribution in [0.15, 0.2) is 48.5 Å². The van der Waals surface area contributed by atoms with Crippen molar-refractivity contribution >= 4 is 34.9 Å². The standard InChI is InChI=1S/C23H26N2O5/c1-3-17-7-11-19(12-8-17)25-22(28)15-30-23(29)6-4-5-21(27)24-20-13-9-18(10-14-20)16(2)26/h7-14H,3-6,15H2,1-2H3,(H,24,27)(H,25,28). The molecule has 2 rings (SSSR count). The van der Waals surface area contributed by atoms with Crippen LogP contribution in [0, 0.1) is 0 Å². The molecule has 158 valence electrons. The summed E-state index contributed by atoms with van der Waals surface area (Å²) in [4.78, 5) is 46.8. The first-order valence-electron chi connectivity index (χ1n) is 9.82. The van der Waals surface area contributed by atoms with Crippen LogP contribution in [0.1, 0.15) is 49.0 Å². The quantitative estimate of drug-likeness (QED) is 0.459. The van der Waals surface area contributed by atoms with Crippen molar-refractivity contribution in [2.45, 2.75) is 39.5 Å². The summed E-state index contributed by atoms with van der Waals surface area (Å²) in [7, 11) is 0. The van der Waals surface area contributed by atoms with Crippen LogP contribution in [0.25, 0.3) is 0 Å². The van der Waals surface area contributed by atoms with Gasteiger partial charge in [-0.3, -0.25) is 19.2 Å². The molecule has 7 heteroatoms. The molecule has 2 aromatic rings. The Kier molecular flexibility index (Phi) is 8.75. The van der Waals surface area contributed by atoms with Crippen LogP contribution in [0.5, 0.6) is 0 Å². The summed E-state index contributed by atoms with van der Waals surface area (Å²) in [5.41, 5.74) is 2.95. The molecule has 0 saturated carbocycles. The number of ether oxygens (including phenoxy) is 1. The zero-order valence-electron chi connectivity index (χ0n) is 17.2.